The van der Waals surface area contributed by atoms with Gasteiger partial charge in [0, 0.05) is 17.0 Å². The van der Waals surface area contributed by atoms with Gasteiger partial charge in [0.25, 0.3) is 0 Å². The standard InChI is InChI=1S/C20H22F6N2S/c1-2-3-17-16(12-28-10-8-15(9-11-28)20(24,25)26)27-18(29-17)13-4-6-14(7-5-13)19(21,22)23/h4-7,15H,2-3,8-12H2,1H3. The van der Waals surface area contributed by atoms with Crippen LogP contribution in [0.15, 0.2) is 24.3 Å². The molecule has 1 aliphatic rings. The van der Waals surface area contributed by atoms with Gasteiger partial charge < -0.3 is 0 Å². The van der Waals surface area contributed by atoms with E-state index in [1.54, 1.807) is 0 Å². The van der Waals surface area contributed by atoms with E-state index in [4.69, 9.17) is 0 Å². The van der Waals surface area contributed by atoms with Crippen molar-refractivity contribution in [2.75, 3.05) is 13.1 Å². The molecule has 160 valence electrons. The fraction of sp³-hybridized carbons (Fsp3) is 0.550. The van der Waals surface area contributed by atoms with Crippen molar-refractivity contribution in [1.29, 1.82) is 0 Å². The Balaban J connectivity index is 1.74. The Labute approximate surface area is 169 Å². The van der Waals surface area contributed by atoms with Crippen molar-refractivity contribution in [3.8, 4) is 10.6 Å². The smallest absolute Gasteiger partial charge is 0.297 e. The second kappa shape index (κ2) is 8.63. The quantitative estimate of drug-likeness (QED) is 0.494. The average Bonchev–Trinajstić information content (AvgIpc) is 3.04. The minimum absolute atomic E-state index is 0.0858. The lowest BCUT2D eigenvalue weighted by atomic mass is 9.96. The van der Waals surface area contributed by atoms with Crippen LogP contribution in [0, 0.1) is 5.92 Å². The van der Waals surface area contributed by atoms with Gasteiger partial charge in [-0.3, -0.25) is 4.90 Å². The van der Waals surface area contributed by atoms with Gasteiger partial charge >= 0.3 is 12.4 Å². The van der Waals surface area contributed by atoms with E-state index < -0.39 is 23.8 Å². The number of aromatic nitrogens is 1. The molecule has 0 bridgehead atoms. The summed E-state index contributed by atoms with van der Waals surface area (Å²) in [6, 6.07) is 4.90. The normalized spacial score (nSPS) is 17.1. The number of hydrogen-bond donors (Lipinski definition) is 0. The monoisotopic (exact) mass is 436 g/mol. The van der Waals surface area contributed by atoms with E-state index >= 15 is 0 Å². The zero-order valence-electron chi connectivity index (χ0n) is 15.9. The number of nitrogens with zero attached hydrogens (tertiary/aromatic N) is 2. The van der Waals surface area contributed by atoms with Gasteiger partial charge in [-0.15, -0.1) is 11.3 Å². The molecule has 0 amide bonds. The molecule has 29 heavy (non-hydrogen) atoms. The predicted molar refractivity (Wildman–Crippen MR) is 101 cm³/mol. The van der Waals surface area contributed by atoms with Crippen LogP contribution in [-0.2, 0) is 19.1 Å². The van der Waals surface area contributed by atoms with E-state index in [1.807, 2.05) is 11.8 Å². The van der Waals surface area contributed by atoms with Gasteiger partial charge in [-0.05, 0) is 44.5 Å². The van der Waals surface area contributed by atoms with Crippen molar-refractivity contribution in [2.45, 2.75) is 51.5 Å². The number of rotatable bonds is 5. The van der Waals surface area contributed by atoms with Gasteiger partial charge in [0.2, 0.25) is 0 Å². The predicted octanol–water partition coefficient (Wildman–Crippen LogP) is 6.56. The first-order chi connectivity index (χ1) is 13.6. The van der Waals surface area contributed by atoms with Crippen LogP contribution in [0.25, 0.3) is 10.6 Å². The molecule has 0 atom stereocenters. The summed E-state index contributed by atoms with van der Waals surface area (Å²) in [6.45, 7) is 3.22. The summed E-state index contributed by atoms with van der Waals surface area (Å²) in [5.74, 6) is -1.24. The molecule has 0 N–H and O–H groups in total. The van der Waals surface area contributed by atoms with E-state index in [-0.39, 0.29) is 12.8 Å². The van der Waals surface area contributed by atoms with Gasteiger partial charge in [-0.1, -0.05) is 25.5 Å². The molecule has 0 radical (unpaired) electrons. The molecule has 1 saturated heterocycles. The maximum Gasteiger partial charge on any atom is 0.416 e. The summed E-state index contributed by atoms with van der Waals surface area (Å²) in [4.78, 5) is 7.65. The molecule has 0 aliphatic carbocycles. The number of aryl methyl sites for hydroxylation is 1. The summed E-state index contributed by atoms with van der Waals surface area (Å²) in [6.07, 6.45) is -6.69. The lowest BCUT2D eigenvalue weighted by Gasteiger charge is -2.32. The van der Waals surface area contributed by atoms with Gasteiger partial charge in [0.15, 0.2) is 0 Å². The van der Waals surface area contributed by atoms with Gasteiger partial charge in [0.1, 0.15) is 5.01 Å². The first-order valence-corrected chi connectivity index (χ1v) is 10.3. The number of halogens is 6. The molecule has 2 heterocycles. The average molecular weight is 436 g/mol. The van der Waals surface area contributed by atoms with Crippen LogP contribution in [0.4, 0.5) is 26.3 Å². The maximum absolute atomic E-state index is 12.9. The topological polar surface area (TPSA) is 16.1 Å². The second-order valence-electron chi connectivity index (χ2n) is 7.31. The highest BCUT2D eigenvalue weighted by Gasteiger charge is 2.41. The van der Waals surface area contributed by atoms with Gasteiger partial charge in [0.05, 0.1) is 17.2 Å². The highest BCUT2D eigenvalue weighted by atomic mass is 32.1. The van der Waals surface area contributed by atoms with Crippen LogP contribution >= 0.6 is 11.3 Å². The van der Waals surface area contributed by atoms with Crippen LogP contribution in [-0.4, -0.2) is 29.1 Å². The van der Waals surface area contributed by atoms with Crippen LogP contribution < -0.4 is 0 Å². The molecule has 3 rings (SSSR count). The SMILES string of the molecule is CCCc1sc(-c2ccc(C(F)(F)F)cc2)nc1CN1CCC(C(F)(F)F)CC1. The molecule has 2 aromatic rings. The van der Waals surface area contributed by atoms with Crippen molar-refractivity contribution in [3.63, 3.8) is 0 Å². The van der Waals surface area contributed by atoms with Crippen molar-refractivity contribution >= 4 is 11.3 Å². The molecule has 1 aromatic heterocycles. The summed E-state index contributed by atoms with van der Waals surface area (Å²) < 4.78 is 76.9. The van der Waals surface area contributed by atoms with Crippen molar-refractivity contribution in [1.82, 2.24) is 9.88 Å². The first kappa shape index (κ1) is 22.1. The van der Waals surface area contributed by atoms with Crippen LogP contribution in [0.5, 0.6) is 0 Å². The number of piperidine rings is 1. The number of thiazole rings is 1. The zero-order chi connectivity index (χ0) is 21.2. The molecular weight excluding hydrogens is 414 g/mol. The van der Waals surface area contributed by atoms with Crippen molar-refractivity contribution in [2.24, 2.45) is 5.92 Å². The van der Waals surface area contributed by atoms with Gasteiger partial charge in [-0.25, -0.2) is 4.98 Å². The number of benzene rings is 1. The minimum Gasteiger partial charge on any atom is -0.297 e. The van der Waals surface area contributed by atoms with Gasteiger partial charge in [-0.2, -0.15) is 26.3 Å². The van der Waals surface area contributed by atoms with Crippen molar-refractivity contribution in [3.05, 3.63) is 40.4 Å². The highest BCUT2D eigenvalue weighted by Crippen LogP contribution is 2.36. The lowest BCUT2D eigenvalue weighted by molar-refractivity contribution is -0.185. The summed E-state index contributed by atoms with van der Waals surface area (Å²) >= 11 is 1.44. The van der Waals surface area contributed by atoms with Crippen LogP contribution in [0.2, 0.25) is 0 Å². The Morgan fingerprint density at radius 1 is 1.03 bits per heavy atom. The summed E-state index contributed by atoms with van der Waals surface area (Å²) in [5.41, 5.74) is 0.721. The summed E-state index contributed by atoms with van der Waals surface area (Å²) in [5, 5.41) is 0.641. The van der Waals surface area contributed by atoms with Crippen molar-refractivity contribution < 1.29 is 26.3 Å². The van der Waals surface area contributed by atoms with E-state index in [9.17, 15) is 26.3 Å². The largest absolute Gasteiger partial charge is 0.416 e. The Kier molecular flexibility index (Phi) is 6.57. The third-order valence-electron chi connectivity index (χ3n) is 5.14. The minimum atomic E-state index is -4.39. The summed E-state index contributed by atoms with van der Waals surface area (Å²) in [7, 11) is 0. The molecule has 0 saturated carbocycles. The first-order valence-electron chi connectivity index (χ1n) is 9.53. The van der Waals surface area contributed by atoms with E-state index in [2.05, 4.69) is 4.98 Å². The second-order valence-corrected chi connectivity index (χ2v) is 8.39. The Morgan fingerprint density at radius 3 is 2.17 bits per heavy atom. The molecule has 1 fully saturated rings. The number of likely N-dealkylation sites (tertiary alicyclic amines) is 1. The Hall–Kier alpha value is -1.61. The molecule has 9 heteroatoms. The van der Waals surface area contributed by atoms with E-state index in [0.29, 0.717) is 30.2 Å². The van der Waals surface area contributed by atoms with Crippen LogP contribution in [0.3, 0.4) is 0 Å². The molecule has 1 aromatic carbocycles. The molecule has 0 spiro atoms. The lowest BCUT2D eigenvalue weighted by Crippen LogP contribution is -2.38. The molecular formula is C20H22F6N2S. The maximum atomic E-state index is 12.9. The van der Waals surface area contributed by atoms with E-state index in [1.165, 1.54) is 23.5 Å². The molecule has 0 unspecified atom stereocenters. The number of hydrogen-bond acceptors (Lipinski definition) is 3. The molecule has 1 aliphatic heterocycles. The third-order valence-corrected chi connectivity index (χ3v) is 6.34. The number of alkyl halides is 6. The Morgan fingerprint density at radius 2 is 1.66 bits per heavy atom. The van der Waals surface area contributed by atoms with E-state index in [0.717, 1.165) is 35.5 Å². The fourth-order valence-electron chi connectivity index (χ4n) is 3.48. The Bertz CT molecular complexity index is 802. The highest BCUT2D eigenvalue weighted by molar-refractivity contribution is 7.15. The fourth-order valence-corrected chi connectivity index (χ4v) is 4.66. The third kappa shape index (κ3) is 5.51. The van der Waals surface area contributed by atoms with Crippen LogP contribution in [0.1, 0.15) is 42.3 Å². The molecule has 2 nitrogen and oxygen atoms in total. The zero-order valence-corrected chi connectivity index (χ0v) is 16.7.